The second-order valence-electron chi connectivity index (χ2n) is 4.04. The molecule has 4 heteroatoms. The van der Waals surface area contributed by atoms with E-state index in [2.05, 4.69) is 16.4 Å². The Kier molecular flexibility index (Phi) is 2.15. The largest absolute Gasteiger partial charge is 0.343 e. The summed E-state index contributed by atoms with van der Waals surface area (Å²) in [6, 6.07) is 7.81. The number of benzene rings is 1. The van der Waals surface area contributed by atoms with Crippen LogP contribution in [0, 0.1) is 0 Å². The molecule has 1 aliphatic heterocycles. The molecule has 4 nitrogen and oxygen atoms in total. The molecule has 2 aromatic rings. The summed E-state index contributed by atoms with van der Waals surface area (Å²) in [6.45, 7) is 2.01. The molecule has 82 valence electrons. The molecular weight excluding hydrogens is 202 g/mol. The number of nitrogens with two attached hydrogens (primary N) is 1. The lowest BCUT2D eigenvalue weighted by molar-refractivity contribution is -0.647. The monoisotopic (exact) mass is 216 g/mol. The maximum Gasteiger partial charge on any atom is 0.330 e. The van der Waals surface area contributed by atoms with Crippen LogP contribution in [0.3, 0.4) is 0 Å². The third-order valence-corrected chi connectivity index (χ3v) is 3.00. The van der Waals surface area contributed by atoms with E-state index in [0.29, 0.717) is 0 Å². The van der Waals surface area contributed by atoms with Gasteiger partial charge in [-0.25, -0.2) is 4.79 Å². The lowest BCUT2D eigenvalue weighted by atomic mass is 10.2. The van der Waals surface area contributed by atoms with Gasteiger partial charge in [0, 0.05) is 12.1 Å². The van der Waals surface area contributed by atoms with Gasteiger partial charge in [-0.2, -0.15) is 0 Å². The van der Waals surface area contributed by atoms with E-state index in [9.17, 15) is 4.79 Å². The highest BCUT2D eigenvalue weighted by Gasteiger charge is 2.13. The molecule has 1 aromatic carbocycles. The van der Waals surface area contributed by atoms with Crippen LogP contribution in [-0.4, -0.2) is 22.6 Å². The summed E-state index contributed by atoms with van der Waals surface area (Å²) < 4.78 is 1.79. The quantitative estimate of drug-likeness (QED) is 0.700. The minimum atomic E-state index is -0.0330. The van der Waals surface area contributed by atoms with Crippen LogP contribution in [0.4, 0.5) is 0 Å². The van der Waals surface area contributed by atoms with Crippen LogP contribution in [0.1, 0.15) is 6.42 Å². The van der Waals surface area contributed by atoms with Crippen LogP contribution in [-0.2, 0) is 0 Å². The van der Waals surface area contributed by atoms with E-state index in [-0.39, 0.29) is 5.69 Å². The first kappa shape index (κ1) is 9.42. The number of nitrogens with one attached hydrogen (secondary N) is 1. The minimum Gasteiger partial charge on any atom is -0.343 e. The average molecular weight is 216 g/mol. The standard InChI is InChI=1S/C12H13N3O/c16-12-14-10-3-1-2-4-11(10)15(12)9-5-7-13-8-6-9/h1-5,13H,6-8H2,(H,14,16)/p+1. The summed E-state index contributed by atoms with van der Waals surface area (Å²) in [7, 11) is 0. The molecule has 3 rings (SSSR count). The van der Waals surface area contributed by atoms with Crippen molar-refractivity contribution in [3.8, 4) is 0 Å². The molecule has 0 saturated carbocycles. The van der Waals surface area contributed by atoms with Crippen LogP contribution in [0.15, 0.2) is 35.1 Å². The number of aromatic amines is 1. The molecule has 0 radical (unpaired) electrons. The van der Waals surface area contributed by atoms with Crippen molar-refractivity contribution in [1.29, 1.82) is 0 Å². The first-order valence-corrected chi connectivity index (χ1v) is 5.57. The SMILES string of the molecule is O=c1[nH]c2ccccc2n1C1=CC[NH2+]CC1. The third kappa shape index (κ3) is 1.39. The first-order valence-electron chi connectivity index (χ1n) is 5.57. The fraction of sp³-hybridized carbons (Fsp3) is 0.250. The minimum absolute atomic E-state index is 0.0330. The Hall–Kier alpha value is -1.81. The number of H-pyrrole nitrogens is 1. The van der Waals surface area contributed by atoms with Gasteiger partial charge in [0.25, 0.3) is 0 Å². The van der Waals surface area contributed by atoms with Gasteiger partial charge < -0.3 is 10.3 Å². The lowest BCUT2D eigenvalue weighted by Crippen LogP contribution is -2.85. The van der Waals surface area contributed by atoms with Crippen LogP contribution < -0.4 is 11.0 Å². The van der Waals surface area contributed by atoms with E-state index in [4.69, 9.17) is 0 Å². The average Bonchev–Trinajstić information content (AvgIpc) is 2.66. The highest BCUT2D eigenvalue weighted by atomic mass is 16.1. The normalized spacial score (nSPS) is 16.4. The lowest BCUT2D eigenvalue weighted by Gasteiger charge is -2.12. The number of imidazole rings is 1. The Morgan fingerprint density at radius 3 is 3.00 bits per heavy atom. The molecule has 0 atom stereocenters. The molecule has 0 amide bonds. The van der Waals surface area contributed by atoms with Gasteiger partial charge in [-0.05, 0) is 18.2 Å². The molecule has 3 N–H and O–H groups in total. The Morgan fingerprint density at radius 1 is 1.31 bits per heavy atom. The van der Waals surface area contributed by atoms with Gasteiger partial charge in [0.05, 0.1) is 24.1 Å². The number of quaternary nitrogens is 1. The first-order chi connectivity index (χ1) is 7.86. The van der Waals surface area contributed by atoms with Gasteiger partial charge in [0.1, 0.15) is 0 Å². The van der Waals surface area contributed by atoms with Crippen molar-refractivity contribution in [1.82, 2.24) is 9.55 Å². The third-order valence-electron chi connectivity index (χ3n) is 3.00. The number of nitrogens with zero attached hydrogens (tertiary/aromatic N) is 1. The van der Waals surface area contributed by atoms with Crippen molar-refractivity contribution in [2.45, 2.75) is 6.42 Å². The van der Waals surface area contributed by atoms with Crippen LogP contribution in [0.5, 0.6) is 0 Å². The van der Waals surface area contributed by atoms with Gasteiger partial charge in [0.15, 0.2) is 0 Å². The van der Waals surface area contributed by atoms with Crippen molar-refractivity contribution in [3.05, 3.63) is 40.8 Å². The van der Waals surface area contributed by atoms with E-state index in [1.165, 1.54) is 0 Å². The molecule has 0 spiro atoms. The summed E-state index contributed by atoms with van der Waals surface area (Å²) in [4.78, 5) is 14.8. The van der Waals surface area contributed by atoms with Crippen LogP contribution in [0.25, 0.3) is 16.7 Å². The molecule has 1 aromatic heterocycles. The van der Waals surface area contributed by atoms with Gasteiger partial charge in [-0.15, -0.1) is 0 Å². The summed E-state index contributed by atoms with van der Waals surface area (Å²) in [5.74, 6) is 0. The Balaban J connectivity index is 2.26. The molecule has 0 fully saturated rings. The fourth-order valence-electron chi connectivity index (χ4n) is 2.23. The number of aromatic nitrogens is 2. The van der Waals surface area contributed by atoms with E-state index in [1.807, 2.05) is 24.3 Å². The van der Waals surface area contributed by atoms with Crippen molar-refractivity contribution in [2.24, 2.45) is 0 Å². The molecule has 0 saturated heterocycles. The van der Waals surface area contributed by atoms with E-state index < -0.39 is 0 Å². The number of hydrogen-bond acceptors (Lipinski definition) is 1. The van der Waals surface area contributed by atoms with Crippen molar-refractivity contribution in [3.63, 3.8) is 0 Å². The van der Waals surface area contributed by atoms with Gasteiger partial charge in [-0.3, -0.25) is 4.57 Å². The van der Waals surface area contributed by atoms with Crippen LogP contribution >= 0.6 is 0 Å². The van der Waals surface area contributed by atoms with Crippen molar-refractivity contribution in [2.75, 3.05) is 13.1 Å². The van der Waals surface area contributed by atoms with Crippen molar-refractivity contribution < 1.29 is 5.32 Å². The Bertz CT molecular complexity index is 606. The topological polar surface area (TPSA) is 54.4 Å². The number of para-hydroxylation sites is 2. The number of hydrogen-bond donors (Lipinski definition) is 2. The molecule has 1 aliphatic rings. The molecular formula is C12H14N3O+. The van der Waals surface area contributed by atoms with E-state index >= 15 is 0 Å². The van der Waals surface area contributed by atoms with E-state index in [0.717, 1.165) is 36.2 Å². The maximum atomic E-state index is 11.9. The molecule has 16 heavy (non-hydrogen) atoms. The Labute approximate surface area is 92.6 Å². The second-order valence-corrected chi connectivity index (χ2v) is 4.04. The molecule has 0 aliphatic carbocycles. The maximum absolute atomic E-state index is 11.9. The van der Waals surface area contributed by atoms with Crippen LogP contribution in [0.2, 0.25) is 0 Å². The highest BCUT2D eigenvalue weighted by molar-refractivity contribution is 5.79. The predicted molar refractivity (Wildman–Crippen MR) is 63.1 cm³/mol. The van der Waals surface area contributed by atoms with Crippen molar-refractivity contribution >= 4 is 16.7 Å². The van der Waals surface area contributed by atoms with E-state index in [1.54, 1.807) is 4.57 Å². The zero-order valence-corrected chi connectivity index (χ0v) is 8.94. The molecule has 2 heterocycles. The number of fused-ring (bicyclic) bond motifs is 1. The Morgan fingerprint density at radius 2 is 2.19 bits per heavy atom. The summed E-state index contributed by atoms with van der Waals surface area (Å²) in [5.41, 5.74) is 2.96. The van der Waals surface area contributed by atoms with Gasteiger partial charge >= 0.3 is 5.69 Å². The predicted octanol–water partition coefficient (Wildman–Crippen LogP) is 0.138. The zero-order valence-electron chi connectivity index (χ0n) is 8.94. The fourth-order valence-corrected chi connectivity index (χ4v) is 2.23. The summed E-state index contributed by atoms with van der Waals surface area (Å²) >= 11 is 0. The number of rotatable bonds is 1. The van der Waals surface area contributed by atoms with Gasteiger partial charge in [0.2, 0.25) is 0 Å². The zero-order chi connectivity index (χ0) is 11.0. The summed E-state index contributed by atoms with van der Waals surface area (Å²) in [6.07, 6.45) is 3.08. The molecule has 0 unspecified atom stereocenters. The molecule has 0 bridgehead atoms. The summed E-state index contributed by atoms with van der Waals surface area (Å²) in [5, 5.41) is 2.24. The van der Waals surface area contributed by atoms with Gasteiger partial charge in [-0.1, -0.05) is 12.1 Å². The second kappa shape index (κ2) is 3.64. The smallest absolute Gasteiger partial charge is 0.330 e. The highest BCUT2D eigenvalue weighted by Crippen LogP contribution is 2.16.